The van der Waals surface area contributed by atoms with Crippen molar-refractivity contribution in [1.29, 1.82) is 5.41 Å². The van der Waals surface area contributed by atoms with Gasteiger partial charge in [0, 0.05) is 37.6 Å². The lowest BCUT2D eigenvalue weighted by molar-refractivity contribution is -0.137. The molecule has 2 rings (SSSR count). The van der Waals surface area contributed by atoms with Crippen LogP contribution in [-0.4, -0.2) is 36.9 Å². The second-order valence-corrected chi connectivity index (χ2v) is 5.01. The van der Waals surface area contributed by atoms with Crippen molar-refractivity contribution in [1.82, 2.24) is 10.3 Å². The normalized spacial score (nSPS) is 13.8. The lowest BCUT2D eigenvalue weighted by Gasteiger charge is -2.17. The molecule has 6 nitrogen and oxygen atoms in total. The molecule has 0 saturated heterocycles. The Kier molecular flexibility index (Phi) is 5.94. The summed E-state index contributed by atoms with van der Waals surface area (Å²) in [6.07, 6.45) is 5.49. The van der Waals surface area contributed by atoms with E-state index in [1.54, 1.807) is 6.92 Å². The van der Waals surface area contributed by atoms with Gasteiger partial charge in [0.25, 0.3) is 0 Å². The van der Waals surface area contributed by atoms with E-state index in [0.29, 0.717) is 13.2 Å². The Morgan fingerprint density at radius 2 is 2.41 bits per heavy atom. The molecule has 0 unspecified atom stereocenters. The predicted octanol–water partition coefficient (Wildman–Crippen LogP) is 1.67. The first-order valence-corrected chi connectivity index (χ1v) is 7.58. The summed E-state index contributed by atoms with van der Waals surface area (Å²) >= 11 is 0. The van der Waals surface area contributed by atoms with Crippen molar-refractivity contribution >= 4 is 18.0 Å². The maximum absolute atomic E-state index is 11.5. The summed E-state index contributed by atoms with van der Waals surface area (Å²) in [5, 5.41) is 13.6. The van der Waals surface area contributed by atoms with Crippen LogP contribution in [0.4, 0.5) is 5.82 Å². The molecule has 0 bridgehead atoms. The van der Waals surface area contributed by atoms with E-state index in [1.807, 2.05) is 6.07 Å². The highest BCUT2D eigenvalue weighted by molar-refractivity contribution is 6.08. The molecule has 22 heavy (non-hydrogen) atoms. The minimum Gasteiger partial charge on any atom is -0.462 e. The Bertz CT molecular complexity index is 569. The van der Waals surface area contributed by atoms with E-state index < -0.39 is 5.97 Å². The van der Waals surface area contributed by atoms with E-state index in [-0.39, 0.29) is 5.57 Å². The lowest BCUT2D eigenvalue weighted by atomic mass is 10.1. The summed E-state index contributed by atoms with van der Waals surface area (Å²) < 4.78 is 4.85. The number of nitrogens with zero attached hydrogens (tertiary/aromatic N) is 1. The molecule has 0 radical (unpaired) electrons. The first-order chi connectivity index (χ1) is 10.7. The fourth-order valence-corrected chi connectivity index (χ4v) is 2.26. The van der Waals surface area contributed by atoms with E-state index >= 15 is 0 Å². The van der Waals surface area contributed by atoms with Gasteiger partial charge in [0.1, 0.15) is 5.82 Å². The van der Waals surface area contributed by atoms with Crippen LogP contribution in [0.25, 0.3) is 0 Å². The third-order valence-electron chi connectivity index (χ3n) is 3.40. The van der Waals surface area contributed by atoms with Crippen molar-refractivity contribution in [3.05, 3.63) is 35.2 Å². The average Bonchev–Trinajstić information content (AvgIpc) is 2.55. The number of aromatic nitrogens is 1. The third kappa shape index (κ3) is 4.31. The number of ether oxygens (including phenoxy) is 1. The number of esters is 1. The maximum Gasteiger partial charge on any atom is 0.341 e. The summed E-state index contributed by atoms with van der Waals surface area (Å²) in [6.45, 7) is 3.66. The highest BCUT2D eigenvalue weighted by atomic mass is 16.5. The number of rotatable bonds is 7. The van der Waals surface area contributed by atoms with Crippen molar-refractivity contribution < 1.29 is 9.53 Å². The van der Waals surface area contributed by atoms with Crippen LogP contribution >= 0.6 is 0 Å². The highest BCUT2D eigenvalue weighted by Crippen LogP contribution is 2.19. The van der Waals surface area contributed by atoms with E-state index in [9.17, 15) is 4.79 Å². The molecule has 0 saturated carbocycles. The molecular formula is C16H22N4O2. The van der Waals surface area contributed by atoms with Crippen LogP contribution in [0.5, 0.6) is 0 Å². The molecule has 0 aliphatic carbocycles. The molecule has 1 aromatic heterocycles. The Morgan fingerprint density at radius 1 is 1.55 bits per heavy atom. The number of pyridine rings is 1. The van der Waals surface area contributed by atoms with E-state index in [4.69, 9.17) is 10.1 Å². The van der Waals surface area contributed by atoms with E-state index in [1.165, 1.54) is 11.8 Å². The minimum atomic E-state index is -0.485. The molecule has 0 fully saturated rings. The molecular weight excluding hydrogens is 280 g/mol. The molecule has 0 aromatic carbocycles. The monoisotopic (exact) mass is 302 g/mol. The number of hydrogen-bond donors (Lipinski definition) is 3. The van der Waals surface area contributed by atoms with Crippen molar-refractivity contribution in [2.45, 2.75) is 26.2 Å². The number of aryl methyl sites for hydroxylation is 1. The second kappa shape index (κ2) is 8.17. The molecule has 3 N–H and O–H groups in total. The third-order valence-corrected chi connectivity index (χ3v) is 3.40. The fraction of sp³-hybridized carbons (Fsp3) is 0.438. The van der Waals surface area contributed by atoms with Crippen LogP contribution < -0.4 is 10.6 Å². The van der Waals surface area contributed by atoms with Crippen molar-refractivity contribution in [3.63, 3.8) is 0 Å². The standard InChI is InChI=1S/C16H22N4O2/c1-2-22-16(21)13(10-17)11-18-9-7-14-6-5-12-4-3-8-19-15(12)20-14/h5-6,10-11,17-18H,2-4,7-9H2,1H3,(H,19,20)/b13-11+,17-10?. The largest absolute Gasteiger partial charge is 0.462 e. The number of carbonyl (C=O) groups is 1. The van der Waals surface area contributed by atoms with Gasteiger partial charge >= 0.3 is 5.97 Å². The Hall–Kier alpha value is -2.37. The zero-order valence-electron chi connectivity index (χ0n) is 12.8. The van der Waals surface area contributed by atoms with Crippen LogP contribution in [-0.2, 0) is 22.4 Å². The quantitative estimate of drug-likeness (QED) is 0.309. The summed E-state index contributed by atoms with van der Waals surface area (Å²) in [4.78, 5) is 16.1. The highest BCUT2D eigenvalue weighted by Gasteiger charge is 2.10. The number of nitrogens with one attached hydrogen (secondary N) is 3. The van der Waals surface area contributed by atoms with Crippen LogP contribution in [0.3, 0.4) is 0 Å². The number of anilines is 1. The number of carbonyl (C=O) groups excluding carboxylic acids is 1. The van der Waals surface area contributed by atoms with Gasteiger partial charge in [0.05, 0.1) is 12.2 Å². The van der Waals surface area contributed by atoms with Gasteiger partial charge in [-0.05, 0) is 31.4 Å². The van der Waals surface area contributed by atoms with Gasteiger partial charge in [0.15, 0.2) is 0 Å². The molecule has 0 amide bonds. The zero-order chi connectivity index (χ0) is 15.8. The minimum absolute atomic E-state index is 0.210. The Balaban J connectivity index is 1.85. The first kappa shape index (κ1) is 16.0. The first-order valence-electron chi connectivity index (χ1n) is 7.58. The van der Waals surface area contributed by atoms with E-state index in [0.717, 1.165) is 43.5 Å². The number of fused-ring (bicyclic) bond motifs is 1. The molecule has 1 aliphatic rings. The summed E-state index contributed by atoms with van der Waals surface area (Å²) in [7, 11) is 0. The van der Waals surface area contributed by atoms with E-state index in [2.05, 4.69) is 21.7 Å². The molecule has 1 aliphatic heterocycles. The van der Waals surface area contributed by atoms with Gasteiger partial charge < -0.3 is 20.8 Å². The zero-order valence-corrected chi connectivity index (χ0v) is 12.8. The van der Waals surface area contributed by atoms with Crippen LogP contribution in [0.2, 0.25) is 0 Å². The molecule has 0 spiro atoms. The van der Waals surface area contributed by atoms with Gasteiger partial charge in [-0.15, -0.1) is 0 Å². The Morgan fingerprint density at radius 3 is 3.18 bits per heavy atom. The van der Waals surface area contributed by atoms with Crippen molar-refractivity contribution in [2.75, 3.05) is 25.0 Å². The SMILES string of the molecule is CCOC(=O)/C(C=N)=C/NCCc1ccc2c(n1)NCCC2. The molecule has 6 heteroatoms. The Labute approximate surface area is 130 Å². The summed E-state index contributed by atoms with van der Waals surface area (Å²) in [6, 6.07) is 4.17. The van der Waals surface area contributed by atoms with Gasteiger partial charge in [-0.3, -0.25) is 0 Å². The van der Waals surface area contributed by atoms with Gasteiger partial charge in [-0.25, -0.2) is 9.78 Å². The smallest absolute Gasteiger partial charge is 0.341 e. The molecule has 118 valence electrons. The van der Waals surface area contributed by atoms with Gasteiger partial charge in [-0.1, -0.05) is 6.07 Å². The topological polar surface area (TPSA) is 87.1 Å². The summed E-state index contributed by atoms with van der Waals surface area (Å²) in [5.74, 6) is 0.507. The van der Waals surface area contributed by atoms with Crippen LogP contribution in [0.15, 0.2) is 23.9 Å². The average molecular weight is 302 g/mol. The molecule has 0 atom stereocenters. The fourth-order valence-electron chi connectivity index (χ4n) is 2.26. The van der Waals surface area contributed by atoms with Crippen LogP contribution in [0, 0.1) is 5.41 Å². The van der Waals surface area contributed by atoms with Gasteiger partial charge in [-0.2, -0.15) is 0 Å². The number of hydrogen-bond acceptors (Lipinski definition) is 6. The molecule has 2 heterocycles. The van der Waals surface area contributed by atoms with Crippen LogP contribution in [0.1, 0.15) is 24.6 Å². The summed E-state index contributed by atoms with van der Waals surface area (Å²) in [5.41, 5.74) is 2.49. The maximum atomic E-state index is 11.5. The second-order valence-electron chi connectivity index (χ2n) is 5.01. The van der Waals surface area contributed by atoms with Crippen molar-refractivity contribution in [2.24, 2.45) is 0 Å². The lowest BCUT2D eigenvalue weighted by Crippen LogP contribution is -2.17. The van der Waals surface area contributed by atoms with Gasteiger partial charge in [0.2, 0.25) is 0 Å². The molecule has 1 aromatic rings. The predicted molar refractivity (Wildman–Crippen MR) is 86.3 cm³/mol. The van der Waals surface area contributed by atoms with Crippen molar-refractivity contribution in [3.8, 4) is 0 Å².